The Hall–Kier alpha value is -2.10. The van der Waals surface area contributed by atoms with Gasteiger partial charge in [0.05, 0.1) is 0 Å². The molecule has 0 spiro atoms. The molecule has 1 aliphatic heterocycles. The Kier molecular flexibility index (Phi) is 3.70. The monoisotopic (exact) mass is 322 g/mol. The molecule has 2 aromatic rings. The number of benzene rings is 1. The second-order valence-corrected chi connectivity index (χ2v) is 7.47. The number of fused-ring (bicyclic) bond motifs is 1. The number of hydrogen-bond donors (Lipinski definition) is 1. The molecule has 1 saturated carbocycles. The molecule has 0 bridgehead atoms. The van der Waals surface area contributed by atoms with Crippen LogP contribution in [0.5, 0.6) is 0 Å². The van der Waals surface area contributed by atoms with Crippen LogP contribution >= 0.6 is 0 Å². The first-order valence-electron chi connectivity index (χ1n) is 8.98. The summed E-state index contributed by atoms with van der Waals surface area (Å²) in [6, 6.07) is 4.41. The summed E-state index contributed by atoms with van der Waals surface area (Å²) in [6.45, 7) is 10.8. The van der Waals surface area contributed by atoms with E-state index in [1.54, 1.807) is 0 Å². The van der Waals surface area contributed by atoms with Crippen LogP contribution < -0.4 is 10.2 Å². The van der Waals surface area contributed by atoms with Crippen LogP contribution in [0.4, 0.5) is 17.5 Å². The predicted molar refractivity (Wildman–Crippen MR) is 99.3 cm³/mol. The molecule has 0 atom stereocenters. The Labute approximate surface area is 144 Å². The van der Waals surface area contributed by atoms with E-state index < -0.39 is 0 Å². The lowest BCUT2D eigenvalue weighted by molar-refractivity contribution is 0.740. The van der Waals surface area contributed by atoms with E-state index in [1.165, 1.54) is 35.1 Å². The zero-order chi connectivity index (χ0) is 16.8. The van der Waals surface area contributed by atoms with Gasteiger partial charge in [0, 0.05) is 30.0 Å². The summed E-state index contributed by atoms with van der Waals surface area (Å²) in [5, 5.41) is 3.48. The van der Waals surface area contributed by atoms with Gasteiger partial charge in [0.25, 0.3) is 0 Å². The molecule has 126 valence electrons. The lowest BCUT2D eigenvalue weighted by atomic mass is 10.1. The summed E-state index contributed by atoms with van der Waals surface area (Å²) in [5.74, 6) is 2.76. The lowest BCUT2D eigenvalue weighted by Gasteiger charge is -2.19. The normalized spacial score (nSPS) is 16.4. The van der Waals surface area contributed by atoms with Gasteiger partial charge in [-0.15, -0.1) is 0 Å². The average molecular weight is 322 g/mol. The molecule has 24 heavy (non-hydrogen) atoms. The van der Waals surface area contributed by atoms with Crippen molar-refractivity contribution in [2.75, 3.05) is 23.3 Å². The van der Waals surface area contributed by atoms with E-state index in [0.717, 1.165) is 48.6 Å². The van der Waals surface area contributed by atoms with Crippen LogP contribution in [0, 0.1) is 33.6 Å². The van der Waals surface area contributed by atoms with Gasteiger partial charge >= 0.3 is 0 Å². The van der Waals surface area contributed by atoms with Crippen molar-refractivity contribution in [1.29, 1.82) is 0 Å². The van der Waals surface area contributed by atoms with Crippen molar-refractivity contribution < 1.29 is 0 Å². The van der Waals surface area contributed by atoms with E-state index in [0.29, 0.717) is 0 Å². The van der Waals surface area contributed by atoms with Gasteiger partial charge in [-0.1, -0.05) is 17.7 Å². The number of nitrogens with one attached hydrogen (secondary N) is 1. The first kappa shape index (κ1) is 15.4. The maximum Gasteiger partial charge on any atom is 0.229 e. The van der Waals surface area contributed by atoms with Gasteiger partial charge in [-0.2, -0.15) is 4.98 Å². The van der Waals surface area contributed by atoms with E-state index >= 15 is 0 Å². The third kappa shape index (κ3) is 2.85. The molecule has 1 N–H and O–H groups in total. The fourth-order valence-corrected chi connectivity index (χ4v) is 3.82. The van der Waals surface area contributed by atoms with Gasteiger partial charge in [0.2, 0.25) is 5.95 Å². The second kappa shape index (κ2) is 5.76. The zero-order valence-electron chi connectivity index (χ0n) is 15.1. The fraction of sp³-hybridized carbons (Fsp3) is 0.500. The number of hydrogen-bond acceptors (Lipinski definition) is 4. The minimum Gasteiger partial charge on any atom is -0.356 e. The number of anilines is 3. The van der Waals surface area contributed by atoms with Gasteiger partial charge in [0.15, 0.2) is 0 Å². The highest BCUT2D eigenvalue weighted by Crippen LogP contribution is 2.36. The van der Waals surface area contributed by atoms with Crippen molar-refractivity contribution in [3.8, 4) is 0 Å². The van der Waals surface area contributed by atoms with Crippen molar-refractivity contribution in [1.82, 2.24) is 9.97 Å². The molecule has 4 rings (SSSR count). The molecule has 0 saturated heterocycles. The fourth-order valence-electron chi connectivity index (χ4n) is 3.82. The van der Waals surface area contributed by atoms with E-state index in [4.69, 9.17) is 9.97 Å². The van der Waals surface area contributed by atoms with Crippen molar-refractivity contribution in [2.24, 2.45) is 5.92 Å². The third-order valence-electron chi connectivity index (χ3n) is 5.21. The van der Waals surface area contributed by atoms with Gasteiger partial charge < -0.3 is 10.2 Å². The molecule has 4 heteroatoms. The predicted octanol–water partition coefficient (Wildman–Crippen LogP) is 4.23. The highest BCUT2D eigenvalue weighted by atomic mass is 15.3. The number of rotatable bonds is 4. The van der Waals surface area contributed by atoms with Crippen molar-refractivity contribution in [3.63, 3.8) is 0 Å². The van der Waals surface area contributed by atoms with Crippen molar-refractivity contribution >= 4 is 17.5 Å². The number of aryl methyl sites for hydroxylation is 4. The molecule has 2 aliphatic rings. The van der Waals surface area contributed by atoms with E-state index in [1.807, 2.05) is 0 Å². The summed E-state index contributed by atoms with van der Waals surface area (Å²) >= 11 is 0. The van der Waals surface area contributed by atoms with E-state index in [2.05, 4.69) is 50.0 Å². The molecule has 1 aromatic heterocycles. The molecule has 0 amide bonds. The Bertz CT molecular complexity index is 769. The smallest absolute Gasteiger partial charge is 0.229 e. The Morgan fingerprint density at radius 2 is 1.79 bits per heavy atom. The summed E-state index contributed by atoms with van der Waals surface area (Å²) in [4.78, 5) is 12.1. The molecule has 0 radical (unpaired) electrons. The Morgan fingerprint density at radius 3 is 2.46 bits per heavy atom. The molecule has 2 heterocycles. The van der Waals surface area contributed by atoms with E-state index in [-0.39, 0.29) is 0 Å². The molecule has 1 aromatic carbocycles. The second-order valence-electron chi connectivity index (χ2n) is 7.47. The van der Waals surface area contributed by atoms with Crippen LogP contribution in [-0.4, -0.2) is 23.1 Å². The average Bonchev–Trinajstić information content (AvgIpc) is 3.23. The van der Waals surface area contributed by atoms with Gasteiger partial charge in [-0.05, 0) is 64.0 Å². The quantitative estimate of drug-likeness (QED) is 0.915. The maximum atomic E-state index is 4.88. The summed E-state index contributed by atoms with van der Waals surface area (Å²) in [5.41, 5.74) is 7.35. The zero-order valence-corrected chi connectivity index (χ0v) is 15.1. The highest BCUT2D eigenvalue weighted by Gasteiger charge is 2.30. The first-order valence-corrected chi connectivity index (χ1v) is 8.98. The number of nitrogens with zero attached hydrogens (tertiary/aromatic N) is 3. The maximum absolute atomic E-state index is 4.88. The molecule has 1 fully saturated rings. The Morgan fingerprint density at radius 1 is 1.08 bits per heavy atom. The first-order chi connectivity index (χ1) is 11.5. The van der Waals surface area contributed by atoms with Gasteiger partial charge in [-0.3, -0.25) is 0 Å². The van der Waals surface area contributed by atoms with Crippen LogP contribution in [0.15, 0.2) is 12.1 Å². The minimum absolute atomic E-state index is 0.726. The molecule has 0 unspecified atom stereocenters. The summed E-state index contributed by atoms with van der Waals surface area (Å²) in [7, 11) is 0. The number of aromatic nitrogens is 2. The molecular weight excluding hydrogens is 296 g/mol. The molecular formula is C20H26N4. The molecule has 1 aliphatic carbocycles. The van der Waals surface area contributed by atoms with Crippen LogP contribution in [0.25, 0.3) is 0 Å². The van der Waals surface area contributed by atoms with Gasteiger partial charge in [-0.25, -0.2) is 4.98 Å². The Balaban J connectivity index is 1.66. The third-order valence-corrected chi connectivity index (χ3v) is 5.21. The van der Waals surface area contributed by atoms with Crippen LogP contribution in [0.2, 0.25) is 0 Å². The van der Waals surface area contributed by atoms with Crippen LogP contribution in [0.1, 0.15) is 40.8 Å². The summed E-state index contributed by atoms with van der Waals surface area (Å²) in [6.07, 6.45) is 3.84. The lowest BCUT2D eigenvalue weighted by Crippen LogP contribution is -2.24. The largest absolute Gasteiger partial charge is 0.356 e. The van der Waals surface area contributed by atoms with Crippen LogP contribution in [0.3, 0.4) is 0 Å². The topological polar surface area (TPSA) is 41.1 Å². The van der Waals surface area contributed by atoms with E-state index in [9.17, 15) is 0 Å². The highest BCUT2D eigenvalue weighted by molar-refractivity contribution is 5.66. The minimum atomic E-state index is 0.726. The van der Waals surface area contributed by atoms with Gasteiger partial charge in [0.1, 0.15) is 5.82 Å². The van der Waals surface area contributed by atoms with Crippen LogP contribution in [-0.2, 0) is 6.42 Å². The summed E-state index contributed by atoms with van der Waals surface area (Å²) < 4.78 is 0. The molecule has 4 nitrogen and oxygen atoms in total. The standard InChI is InChI=1S/C20H26N4/c1-12-9-13(2)18(14(3)10-12)22-20-21-15(4)17-7-8-24(19(17)23-20)11-16-5-6-16/h9-10,16H,5-8,11H2,1-4H3,(H,21,22,23). The van der Waals surface area contributed by atoms with Crippen molar-refractivity contribution in [3.05, 3.63) is 40.1 Å². The SMILES string of the molecule is Cc1cc(C)c(Nc2nc(C)c3c(n2)N(CC2CC2)CC3)c(C)c1. The van der Waals surface area contributed by atoms with Crippen molar-refractivity contribution in [2.45, 2.75) is 47.0 Å².